The van der Waals surface area contributed by atoms with Gasteiger partial charge >= 0.3 is 37.7 Å². The van der Waals surface area contributed by atoms with Gasteiger partial charge in [-0.3, -0.25) is 0 Å². The SMILES string of the molecule is C=CCOC(=O)[O-].C=CCOC(=O)[O-].[Ca+2]. The van der Waals surface area contributed by atoms with E-state index in [0.29, 0.717) is 0 Å². The van der Waals surface area contributed by atoms with Crippen LogP contribution in [0.4, 0.5) is 9.59 Å². The number of ether oxygens (including phenoxy) is 2. The summed E-state index contributed by atoms with van der Waals surface area (Å²) in [5, 5.41) is 18.8. The van der Waals surface area contributed by atoms with Gasteiger partial charge in [-0.15, -0.1) is 13.2 Å². The molecule has 0 saturated carbocycles. The topological polar surface area (TPSA) is 98.7 Å². The van der Waals surface area contributed by atoms with E-state index in [9.17, 15) is 19.8 Å². The van der Waals surface area contributed by atoms with Gasteiger partial charge in [0.1, 0.15) is 0 Å². The van der Waals surface area contributed by atoms with Crippen molar-refractivity contribution in [2.75, 3.05) is 13.2 Å². The Labute approximate surface area is 117 Å². The Kier molecular flexibility index (Phi) is 20.8. The number of carbonyl (C=O) groups excluding carboxylic acids is 2. The molecule has 15 heavy (non-hydrogen) atoms. The summed E-state index contributed by atoms with van der Waals surface area (Å²) < 4.78 is 7.76. The van der Waals surface area contributed by atoms with Crippen molar-refractivity contribution in [1.82, 2.24) is 0 Å². The van der Waals surface area contributed by atoms with Gasteiger partial charge in [0.2, 0.25) is 0 Å². The van der Waals surface area contributed by atoms with E-state index >= 15 is 0 Å². The minimum absolute atomic E-state index is 0. The third-order valence-corrected chi connectivity index (χ3v) is 0.638. The number of hydrogen-bond donors (Lipinski definition) is 0. The second-order valence-corrected chi connectivity index (χ2v) is 1.70. The average Bonchev–Trinajstić information content (AvgIpc) is 2.12. The first-order valence-corrected chi connectivity index (χ1v) is 3.44. The summed E-state index contributed by atoms with van der Waals surface area (Å²) >= 11 is 0. The van der Waals surface area contributed by atoms with Crippen LogP contribution in [0.25, 0.3) is 0 Å². The van der Waals surface area contributed by atoms with Crippen LogP contribution < -0.4 is 10.2 Å². The minimum Gasteiger partial charge on any atom is -0.546 e. The Morgan fingerprint density at radius 2 is 1.27 bits per heavy atom. The first-order valence-electron chi connectivity index (χ1n) is 3.44. The van der Waals surface area contributed by atoms with Gasteiger partial charge in [-0.1, -0.05) is 12.2 Å². The molecule has 0 aromatic heterocycles. The van der Waals surface area contributed by atoms with E-state index in [2.05, 4.69) is 22.6 Å². The van der Waals surface area contributed by atoms with Crippen molar-refractivity contribution < 1.29 is 29.3 Å². The van der Waals surface area contributed by atoms with Crippen LogP contribution in [0.2, 0.25) is 0 Å². The van der Waals surface area contributed by atoms with Gasteiger partial charge < -0.3 is 29.3 Å². The first kappa shape index (κ1) is 19.8. The molecule has 80 valence electrons. The fourth-order valence-corrected chi connectivity index (χ4v) is 0.254. The summed E-state index contributed by atoms with van der Waals surface area (Å²) in [6.07, 6.45) is -0.370. The molecule has 0 bridgehead atoms. The predicted molar refractivity (Wildman–Crippen MR) is 48.8 cm³/mol. The summed E-state index contributed by atoms with van der Waals surface area (Å²) in [4.78, 5) is 18.8. The van der Waals surface area contributed by atoms with E-state index < -0.39 is 12.3 Å². The molecule has 0 aliphatic heterocycles. The molecule has 0 aliphatic carbocycles. The fraction of sp³-hybridized carbons (Fsp3) is 0.250. The average molecular weight is 242 g/mol. The zero-order chi connectivity index (χ0) is 11.4. The summed E-state index contributed by atoms with van der Waals surface area (Å²) in [5.41, 5.74) is 0. The maximum Gasteiger partial charge on any atom is 2.00 e. The summed E-state index contributed by atoms with van der Waals surface area (Å²) in [6.45, 7) is 6.44. The molecule has 0 spiro atoms. The van der Waals surface area contributed by atoms with Crippen LogP contribution in [0.3, 0.4) is 0 Å². The molecule has 0 fully saturated rings. The second-order valence-electron chi connectivity index (χ2n) is 1.70. The molecule has 6 nitrogen and oxygen atoms in total. The Bertz CT molecular complexity index is 181. The molecule has 0 aromatic carbocycles. The molecule has 0 saturated heterocycles. The third-order valence-electron chi connectivity index (χ3n) is 0.638. The Morgan fingerprint density at radius 3 is 1.33 bits per heavy atom. The van der Waals surface area contributed by atoms with Gasteiger partial charge in [-0.05, 0) is 0 Å². The van der Waals surface area contributed by atoms with Gasteiger partial charge in [0, 0.05) is 13.2 Å². The largest absolute Gasteiger partial charge is 2.00 e. The standard InChI is InChI=1S/2C4H6O3.Ca/c2*1-2-3-7-4(5)6;/h2*2H,1,3H2,(H,5,6);/q;;+2/p-2. The molecule has 0 atom stereocenters. The van der Waals surface area contributed by atoms with E-state index in [0.717, 1.165) is 0 Å². The zero-order valence-corrected chi connectivity index (χ0v) is 10.3. The predicted octanol–water partition coefficient (Wildman–Crippen LogP) is -1.32. The molecular weight excluding hydrogens is 232 g/mol. The molecule has 0 rings (SSSR count). The van der Waals surface area contributed by atoms with Crippen molar-refractivity contribution in [2.24, 2.45) is 0 Å². The summed E-state index contributed by atoms with van der Waals surface area (Å²) in [5.74, 6) is 0. The molecular formula is C8H10CaO6. The quantitative estimate of drug-likeness (QED) is 0.344. The van der Waals surface area contributed by atoms with Crippen LogP contribution >= 0.6 is 0 Å². The van der Waals surface area contributed by atoms with Crippen molar-refractivity contribution >= 4 is 50.0 Å². The van der Waals surface area contributed by atoms with Crippen LogP contribution in [-0.4, -0.2) is 63.3 Å². The number of rotatable bonds is 4. The Balaban J connectivity index is -0.000000180. The van der Waals surface area contributed by atoms with E-state index in [-0.39, 0.29) is 51.0 Å². The van der Waals surface area contributed by atoms with Gasteiger partial charge in [0.05, 0.1) is 0 Å². The summed E-state index contributed by atoms with van der Waals surface area (Å²) in [7, 11) is 0. The van der Waals surface area contributed by atoms with Crippen LogP contribution in [0.1, 0.15) is 0 Å². The number of carboxylic acid groups (broad SMARTS) is 2. The summed E-state index contributed by atoms with van der Waals surface area (Å²) in [6, 6.07) is 0. The monoisotopic (exact) mass is 242 g/mol. The van der Waals surface area contributed by atoms with Crippen molar-refractivity contribution in [1.29, 1.82) is 0 Å². The van der Waals surface area contributed by atoms with Crippen LogP contribution in [0, 0.1) is 0 Å². The van der Waals surface area contributed by atoms with Gasteiger partial charge in [-0.2, -0.15) is 0 Å². The molecule has 0 amide bonds. The van der Waals surface area contributed by atoms with Crippen molar-refractivity contribution in [2.45, 2.75) is 0 Å². The van der Waals surface area contributed by atoms with Gasteiger partial charge in [0.25, 0.3) is 12.3 Å². The molecule has 0 aliphatic rings. The second kappa shape index (κ2) is 15.7. The normalized spacial score (nSPS) is 6.93. The smallest absolute Gasteiger partial charge is 0.546 e. The number of hydrogen-bond acceptors (Lipinski definition) is 6. The maximum atomic E-state index is 9.38. The van der Waals surface area contributed by atoms with Gasteiger partial charge in [0.15, 0.2) is 0 Å². The van der Waals surface area contributed by atoms with E-state index in [1.807, 2.05) is 0 Å². The molecule has 0 heterocycles. The van der Waals surface area contributed by atoms with Crippen molar-refractivity contribution in [3.63, 3.8) is 0 Å². The molecule has 0 radical (unpaired) electrons. The Morgan fingerprint density at radius 1 is 1.00 bits per heavy atom. The van der Waals surface area contributed by atoms with Gasteiger partial charge in [-0.25, -0.2) is 0 Å². The van der Waals surface area contributed by atoms with E-state index in [1.165, 1.54) is 12.2 Å². The van der Waals surface area contributed by atoms with Crippen molar-refractivity contribution in [3.05, 3.63) is 25.3 Å². The molecule has 0 N–H and O–H groups in total. The third kappa shape index (κ3) is 31.9. The van der Waals surface area contributed by atoms with E-state index in [1.54, 1.807) is 0 Å². The maximum absolute atomic E-state index is 9.38. The molecule has 0 unspecified atom stereocenters. The van der Waals surface area contributed by atoms with E-state index in [4.69, 9.17) is 0 Å². The fourth-order valence-electron chi connectivity index (χ4n) is 0.254. The first-order chi connectivity index (χ1) is 6.54. The van der Waals surface area contributed by atoms with Crippen LogP contribution in [0.15, 0.2) is 25.3 Å². The molecule has 7 heteroatoms. The zero-order valence-electron chi connectivity index (χ0n) is 8.14. The number of carbonyl (C=O) groups is 2. The molecule has 0 aromatic rings. The van der Waals surface area contributed by atoms with Crippen LogP contribution in [0.5, 0.6) is 0 Å². The van der Waals surface area contributed by atoms with Crippen molar-refractivity contribution in [3.8, 4) is 0 Å². The Hall–Kier alpha value is -0.720. The van der Waals surface area contributed by atoms with Crippen LogP contribution in [-0.2, 0) is 9.47 Å². The minimum atomic E-state index is -1.51.